The molecule has 8 N–H and O–H groups in total. The van der Waals surface area contributed by atoms with Crippen LogP contribution in [-0.2, 0) is 4.79 Å². The van der Waals surface area contributed by atoms with Gasteiger partial charge >= 0.3 is 29.0 Å². The van der Waals surface area contributed by atoms with Crippen molar-refractivity contribution in [3.63, 3.8) is 0 Å². The Morgan fingerprint density at radius 1 is 0.556 bits per heavy atom. The van der Waals surface area contributed by atoms with Crippen LogP contribution in [0.1, 0.15) is 117 Å². The summed E-state index contributed by atoms with van der Waals surface area (Å²) in [6.07, 6.45) is 13.8. The highest BCUT2D eigenvalue weighted by Gasteiger charge is 2.29. The van der Waals surface area contributed by atoms with E-state index in [2.05, 4.69) is 6.92 Å². The average Bonchev–Trinajstić information content (AvgIpc) is 2.85. The second-order valence-electron chi connectivity index (χ2n) is 8.89. The van der Waals surface area contributed by atoms with Crippen LogP contribution in [0.5, 0.6) is 0 Å². The minimum Gasteiger partial charge on any atom is -0.481 e. The van der Waals surface area contributed by atoms with Gasteiger partial charge in [0.25, 0.3) is 0 Å². The third-order valence-electron chi connectivity index (χ3n) is 5.51. The maximum absolute atomic E-state index is 10.3. The second-order valence-corrected chi connectivity index (χ2v) is 8.89. The number of hydrogen-bond donors (Lipinski definition) is 8. The van der Waals surface area contributed by atoms with Gasteiger partial charge in [-0.2, -0.15) is 0 Å². The normalized spacial score (nSPS) is 13.7. The summed E-state index contributed by atoms with van der Waals surface area (Å²) in [6, 6.07) is 0. The molecule has 9 nitrogen and oxygen atoms in total. The van der Waals surface area contributed by atoms with Crippen molar-refractivity contribution in [2.45, 2.75) is 141 Å². The van der Waals surface area contributed by atoms with E-state index in [-0.39, 0.29) is 29.7 Å². The molecule has 0 saturated carbocycles. The molecule has 218 valence electrons. The number of unbranched alkanes of at least 4 members (excludes halogenated alkanes) is 14. The highest BCUT2D eigenvalue weighted by molar-refractivity contribution is 5.75. The lowest BCUT2D eigenvalue weighted by molar-refractivity contribution is -0.137. The van der Waals surface area contributed by atoms with Crippen LogP contribution in [0.2, 0.25) is 0 Å². The molecule has 0 unspecified atom stereocenters. The molecule has 4 atom stereocenters. The Morgan fingerprint density at radius 3 is 1.03 bits per heavy atom. The van der Waals surface area contributed by atoms with Crippen LogP contribution in [0.3, 0.4) is 0 Å². The minimum absolute atomic E-state index is 0. The SMILES string of the molecule is CCCCCCCCCCCCCCCCCC(=O)O.CCO.OC[C@@H](O)[C@@H](O)[C@H](O)[C@@H](O)CO.[MgH2]. The molecule has 0 aliphatic carbocycles. The highest BCUT2D eigenvalue weighted by atomic mass is 24.3. The molecule has 0 aliphatic rings. The van der Waals surface area contributed by atoms with E-state index in [4.69, 9.17) is 40.9 Å². The van der Waals surface area contributed by atoms with Gasteiger partial charge in [-0.05, 0) is 13.3 Å². The predicted molar refractivity (Wildman–Crippen MR) is 147 cm³/mol. The summed E-state index contributed by atoms with van der Waals surface area (Å²) in [7, 11) is 0. The van der Waals surface area contributed by atoms with E-state index in [1.807, 2.05) is 0 Å². The van der Waals surface area contributed by atoms with Gasteiger partial charge in [0.2, 0.25) is 0 Å². The number of aliphatic hydroxyl groups excluding tert-OH is 7. The summed E-state index contributed by atoms with van der Waals surface area (Å²) in [6.45, 7) is 2.75. The lowest BCUT2D eigenvalue weighted by Gasteiger charge is -2.24. The van der Waals surface area contributed by atoms with Crippen LogP contribution in [0.4, 0.5) is 0 Å². The summed E-state index contributed by atoms with van der Waals surface area (Å²) in [5, 5.41) is 68.3. The molecule has 0 amide bonds. The Labute approximate surface area is 235 Å². The Bertz CT molecular complexity index is 403. The summed E-state index contributed by atoms with van der Waals surface area (Å²) < 4.78 is 0. The van der Waals surface area contributed by atoms with Crippen LogP contribution in [0, 0.1) is 0 Å². The summed E-state index contributed by atoms with van der Waals surface area (Å²) >= 11 is 0. The van der Waals surface area contributed by atoms with E-state index in [1.165, 1.54) is 83.5 Å². The smallest absolute Gasteiger partial charge is 0.316 e. The molecule has 0 saturated heterocycles. The van der Waals surface area contributed by atoms with Crippen molar-refractivity contribution < 1.29 is 45.6 Å². The lowest BCUT2D eigenvalue weighted by atomic mass is 10.0. The molecule has 0 rings (SSSR count). The quantitative estimate of drug-likeness (QED) is 0.0799. The summed E-state index contributed by atoms with van der Waals surface area (Å²) in [5.74, 6) is -0.653. The Hall–Kier alpha value is -0.0438. The van der Waals surface area contributed by atoms with E-state index in [0.29, 0.717) is 6.42 Å². The molecular weight excluding hydrogens is 481 g/mol. The first-order chi connectivity index (χ1) is 16.7. The second kappa shape index (κ2) is 35.0. The topological polar surface area (TPSA) is 179 Å². The maximum atomic E-state index is 10.3. The van der Waals surface area contributed by atoms with Gasteiger partial charge in [0.05, 0.1) is 13.2 Å². The molecule has 0 heterocycles. The molecule has 0 bridgehead atoms. The minimum atomic E-state index is -1.67. The van der Waals surface area contributed by atoms with Gasteiger partial charge in [0.1, 0.15) is 24.4 Å². The Morgan fingerprint density at radius 2 is 0.806 bits per heavy atom. The molecule has 10 heteroatoms. The van der Waals surface area contributed by atoms with Crippen molar-refractivity contribution in [2.24, 2.45) is 0 Å². The van der Waals surface area contributed by atoms with E-state index in [9.17, 15) is 4.79 Å². The number of carboxylic acids is 1. The predicted octanol–water partition coefficient (Wildman–Crippen LogP) is 1.83. The average molecular weight is 539 g/mol. The largest absolute Gasteiger partial charge is 0.481 e. The van der Waals surface area contributed by atoms with Crippen molar-refractivity contribution in [2.75, 3.05) is 19.8 Å². The van der Waals surface area contributed by atoms with Crippen molar-refractivity contribution in [1.82, 2.24) is 0 Å². The van der Waals surface area contributed by atoms with Crippen molar-refractivity contribution >= 4 is 29.0 Å². The third-order valence-corrected chi connectivity index (χ3v) is 5.51. The first-order valence-corrected chi connectivity index (χ1v) is 13.5. The third kappa shape index (κ3) is 34.0. The number of rotatable bonds is 21. The first kappa shape index (κ1) is 43.0. The van der Waals surface area contributed by atoms with Crippen LogP contribution in [0.15, 0.2) is 0 Å². The monoisotopic (exact) mass is 538 g/mol. The van der Waals surface area contributed by atoms with E-state index in [1.54, 1.807) is 6.92 Å². The van der Waals surface area contributed by atoms with Gasteiger partial charge in [-0.25, -0.2) is 0 Å². The fourth-order valence-electron chi connectivity index (χ4n) is 3.32. The lowest BCUT2D eigenvalue weighted by Crippen LogP contribution is -2.46. The molecule has 0 aromatic rings. The van der Waals surface area contributed by atoms with Gasteiger partial charge < -0.3 is 40.9 Å². The zero-order valence-electron chi connectivity index (χ0n) is 22.2. The zero-order valence-corrected chi connectivity index (χ0v) is 22.2. The van der Waals surface area contributed by atoms with Crippen LogP contribution in [0.25, 0.3) is 0 Å². The number of carbonyl (C=O) groups is 1. The molecule has 0 spiro atoms. The van der Waals surface area contributed by atoms with Crippen molar-refractivity contribution in [3.8, 4) is 0 Å². The van der Waals surface area contributed by atoms with Gasteiger partial charge in [-0.1, -0.05) is 96.8 Å². The van der Waals surface area contributed by atoms with Crippen LogP contribution < -0.4 is 0 Å². The first-order valence-electron chi connectivity index (χ1n) is 13.5. The van der Waals surface area contributed by atoms with Crippen LogP contribution in [-0.4, -0.2) is 114 Å². The van der Waals surface area contributed by atoms with Crippen LogP contribution >= 0.6 is 0 Å². The maximum Gasteiger partial charge on any atom is 0.316 e. The van der Waals surface area contributed by atoms with Gasteiger partial charge in [0.15, 0.2) is 0 Å². The Balaban J connectivity index is -0.000000273. The summed E-state index contributed by atoms with van der Waals surface area (Å²) in [4.78, 5) is 10.3. The zero-order chi connectivity index (χ0) is 27.3. The molecule has 0 aromatic heterocycles. The molecule has 0 aromatic carbocycles. The molecule has 0 aliphatic heterocycles. The van der Waals surface area contributed by atoms with E-state index in [0.717, 1.165) is 12.8 Å². The highest BCUT2D eigenvalue weighted by Crippen LogP contribution is 2.13. The number of hydrogen-bond acceptors (Lipinski definition) is 8. The standard InChI is InChI=1S/C18H36O2.C6H14O6.C2H6O.Mg.2H/c1-2-3-4-5-6-7-8-9-10-11-12-13-14-15-16-17-18(19)20;7-1-3(9)5(11)6(12)4(10)2-8;1-2-3;;;/h2-17H2,1H3,(H,19,20);3-12H,1-2H2;3H,2H2,1H3;;;/t;3-,4+,5-,6-;;;;/m.1..../s1. The molecule has 0 radical (unpaired) electrons. The Kier molecular flexibility index (Phi) is 41.8. The number of aliphatic hydroxyl groups is 7. The fourth-order valence-corrected chi connectivity index (χ4v) is 3.32. The van der Waals surface area contributed by atoms with Gasteiger partial charge in [-0.3, -0.25) is 4.79 Å². The molecular formula is C26H58MgO9. The number of carboxylic acid groups (broad SMARTS) is 1. The van der Waals surface area contributed by atoms with E-state index >= 15 is 0 Å². The van der Waals surface area contributed by atoms with E-state index < -0.39 is 43.6 Å². The van der Waals surface area contributed by atoms with Crippen molar-refractivity contribution in [3.05, 3.63) is 0 Å². The van der Waals surface area contributed by atoms with Gasteiger partial charge in [-0.15, -0.1) is 0 Å². The fraction of sp³-hybridized carbons (Fsp3) is 0.962. The number of aliphatic carboxylic acids is 1. The van der Waals surface area contributed by atoms with Gasteiger partial charge in [0, 0.05) is 13.0 Å². The summed E-state index contributed by atoms with van der Waals surface area (Å²) in [5.41, 5.74) is 0. The molecule has 36 heavy (non-hydrogen) atoms. The van der Waals surface area contributed by atoms with Crippen molar-refractivity contribution in [1.29, 1.82) is 0 Å². The molecule has 0 fully saturated rings.